The topological polar surface area (TPSA) is 27.6 Å². The fourth-order valence-electron chi connectivity index (χ4n) is 2.94. The molecule has 3 nitrogen and oxygen atoms in total. The second kappa shape index (κ2) is 5.80. The van der Waals surface area contributed by atoms with Crippen molar-refractivity contribution in [2.24, 2.45) is 10.9 Å². The molecule has 1 aliphatic heterocycles. The van der Waals surface area contributed by atoms with Crippen molar-refractivity contribution in [1.82, 2.24) is 10.4 Å². The molecule has 1 atom stereocenters. The number of benzene rings is 1. The molecular weight excluding hydrogens is 246 g/mol. The fraction of sp³-hybridized carbons (Fsp3) is 0.471. The molecule has 0 aromatic heterocycles. The molecule has 1 N–H and O–H groups in total. The highest BCUT2D eigenvalue weighted by molar-refractivity contribution is 5.84. The molecule has 2 aliphatic rings. The van der Waals surface area contributed by atoms with Crippen molar-refractivity contribution in [3.8, 4) is 0 Å². The first kappa shape index (κ1) is 13.4. The minimum atomic E-state index is 0.397. The van der Waals surface area contributed by atoms with E-state index in [0.29, 0.717) is 6.04 Å². The molecule has 20 heavy (non-hydrogen) atoms. The second-order valence-electron chi connectivity index (χ2n) is 5.72. The Morgan fingerprint density at radius 2 is 2.05 bits per heavy atom. The Kier molecular flexibility index (Phi) is 3.88. The summed E-state index contributed by atoms with van der Waals surface area (Å²) in [5.74, 6) is 1.91. The Bertz CT molecular complexity index is 502. The molecule has 0 amide bonds. The Hall–Kier alpha value is -1.61. The van der Waals surface area contributed by atoms with Gasteiger partial charge in [-0.3, -0.25) is 10.0 Å². The third kappa shape index (κ3) is 2.78. The van der Waals surface area contributed by atoms with Crippen LogP contribution in [0.3, 0.4) is 0 Å². The van der Waals surface area contributed by atoms with Gasteiger partial charge < -0.3 is 0 Å². The first-order valence-corrected chi connectivity index (χ1v) is 7.52. The van der Waals surface area contributed by atoms with Crippen LogP contribution in [0.1, 0.15) is 37.3 Å². The lowest BCUT2D eigenvalue weighted by Crippen LogP contribution is -2.38. The number of hydrogen-bond acceptors (Lipinski definition) is 2. The minimum Gasteiger partial charge on any atom is -0.289 e. The van der Waals surface area contributed by atoms with Crippen LogP contribution in [-0.2, 0) is 0 Å². The lowest BCUT2D eigenvalue weighted by atomic mass is 10.1. The summed E-state index contributed by atoms with van der Waals surface area (Å²) in [5.41, 5.74) is 5.96. The van der Waals surface area contributed by atoms with Crippen LogP contribution in [0, 0.1) is 5.92 Å². The number of aliphatic imine (C=N–C) groups is 1. The lowest BCUT2D eigenvalue weighted by molar-refractivity contribution is 0.275. The molecule has 106 valence electrons. The zero-order chi connectivity index (χ0) is 13.9. The normalized spacial score (nSPS) is 24.4. The predicted octanol–water partition coefficient (Wildman–Crippen LogP) is 3.32. The molecular formula is C17H23N3. The third-order valence-corrected chi connectivity index (χ3v) is 4.28. The van der Waals surface area contributed by atoms with Gasteiger partial charge in [-0.2, -0.15) is 0 Å². The van der Waals surface area contributed by atoms with Gasteiger partial charge >= 0.3 is 0 Å². The van der Waals surface area contributed by atoms with Crippen LogP contribution in [0.5, 0.6) is 0 Å². The summed E-state index contributed by atoms with van der Waals surface area (Å²) in [7, 11) is 1.98. The van der Waals surface area contributed by atoms with E-state index in [1.165, 1.54) is 29.8 Å². The van der Waals surface area contributed by atoms with E-state index in [1.807, 2.05) is 7.05 Å². The van der Waals surface area contributed by atoms with E-state index in [9.17, 15) is 0 Å². The number of amidine groups is 1. The van der Waals surface area contributed by atoms with Crippen molar-refractivity contribution in [3.63, 3.8) is 0 Å². The van der Waals surface area contributed by atoms with Crippen molar-refractivity contribution < 1.29 is 0 Å². The number of nitrogens with one attached hydrogen (secondary N) is 1. The number of hydrogen-bond donors (Lipinski definition) is 1. The minimum absolute atomic E-state index is 0.397. The predicted molar refractivity (Wildman–Crippen MR) is 83.5 cm³/mol. The van der Waals surface area contributed by atoms with Crippen molar-refractivity contribution in [3.05, 3.63) is 48.0 Å². The zero-order valence-corrected chi connectivity index (χ0v) is 12.2. The van der Waals surface area contributed by atoms with Gasteiger partial charge in [0.25, 0.3) is 0 Å². The van der Waals surface area contributed by atoms with Gasteiger partial charge in [-0.25, -0.2) is 5.43 Å². The highest BCUT2D eigenvalue weighted by Crippen LogP contribution is 2.36. The summed E-state index contributed by atoms with van der Waals surface area (Å²) in [6.07, 6.45) is 4.79. The molecule has 2 fully saturated rings. The lowest BCUT2D eigenvalue weighted by Gasteiger charge is -2.26. The van der Waals surface area contributed by atoms with E-state index in [2.05, 4.69) is 47.3 Å². The third-order valence-electron chi connectivity index (χ3n) is 4.28. The van der Waals surface area contributed by atoms with Crippen LogP contribution in [-0.4, -0.2) is 24.4 Å². The Balaban J connectivity index is 1.70. The maximum atomic E-state index is 4.79. The molecule has 3 rings (SSSR count). The Labute approximate surface area is 121 Å². The molecule has 1 unspecified atom stereocenters. The summed E-state index contributed by atoms with van der Waals surface area (Å²) in [4.78, 5) is 4.79. The molecule has 1 heterocycles. The van der Waals surface area contributed by atoms with Gasteiger partial charge in [0.1, 0.15) is 5.84 Å². The largest absolute Gasteiger partial charge is 0.289 e. The number of rotatable bonds is 5. The Morgan fingerprint density at radius 1 is 1.30 bits per heavy atom. The van der Waals surface area contributed by atoms with E-state index in [4.69, 9.17) is 4.99 Å². The number of nitrogens with zero attached hydrogens (tertiary/aromatic N) is 2. The molecule has 0 spiro atoms. The van der Waals surface area contributed by atoms with E-state index in [-0.39, 0.29) is 0 Å². The standard InChI is InChI=1S/C17H23N3/c1-13(14-8-9-14)12-19-17-11-10-16(20(17)18-2)15-6-4-3-5-7-15/h3-7,14,16,18H,1,8-12H2,2H3/b19-17-. The van der Waals surface area contributed by atoms with E-state index in [1.54, 1.807) is 0 Å². The molecule has 3 heteroatoms. The summed E-state index contributed by atoms with van der Waals surface area (Å²) in [5, 5.41) is 2.22. The molecule has 1 saturated heterocycles. The molecule has 1 aromatic rings. The van der Waals surface area contributed by atoms with Gasteiger partial charge in [0.05, 0.1) is 12.6 Å². The smallest absolute Gasteiger partial charge is 0.114 e. The Morgan fingerprint density at radius 3 is 2.70 bits per heavy atom. The van der Waals surface area contributed by atoms with Gasteiger partial charge in [0.15, 0.2) is 0 Å². The number of hydrazine groups is 1. The van der Waals surface area contributed by atoms with Crippen molar-refractivity contribution >= 4 is 5.84 Å². The molecule has 0 bridgehead atoms. The molecule has 1 aliphatic carbocycles. The van der Waals surface area contributed by atoms with Crippen LogP contribution >= 0.6 is 0 Å². The van der Waals surface area contributed by atoms with E-state index < -0.39 is 0 Å². The summed E-state index contributed by atoms with van der Waals surface area (Å²) in [6, 6.07) is 11.1. The van der Waals surface area contributed by atoms with Crippen LogP contribution in [0.15, 0.2) is 47.5 Å². The van der Waals surface area contributed by atoms with E-state index >= 15 is 0 Å². The fourth-order valence-corrected chi connectivity index (χ4v) is 2.94. The highest BCUT2D eigenvalue weighted by Gasteiger charge is 2.30. The van der Waals surface area contributed by atoms with Gasteiger partial charge in [-0.05, 0) is 30.7 Å². The van der Waals surface area contributed by atoms with Crippen LogP contribution in [0.25, 0.3) is 0 Å². The monoisotopic (exact) mass is 269 g/mol. The SMILES string of the molecule is C=C(C/N=C1/CCC(c2ccccc2)N1NC)C1CC1. The maximum absolute atomic E-state index is 4.79. The van der Waals surface area contributed by atoms with Crippen LogP contribution in [0.2, 0.25) is 0 Å². The van der Waals surface area contributed by atoms with Crippen LogP contribution < -0.4 is 5.43 Å². The quantitative estimate of drug-likeness (QED) is 0.830. The van der Waals surface area contributed by atoms with Gasteiger partial charge in [-0.1, -0.05) is 42.5 Å². The highest BCUT2D eigenvalue weighted by atomic mass is 15.5. The van der Waals surface area contributed by atoms with Gasteiger partial charge in [0.2, 0.25) is 0 Å². The second-order valence-corrected chi connectivity index (χ2v) is 5.72. The summed E-state index contributed by atoms with van der Waals surface area (Å²) in [6.45, 7) is 4.95. The van der Waals surface area contributed by atoms with Crippen molar-refractivity contribution in [2.45, 2.75) is 31.7 Å². The summed E-state index contributed by atoms with van der Waals surface area (Å²) < 4.78 is 0. The van der Waals surface area contributed by atoms with Gasteiger partial charge in [0, 0.05) is 13.5 Å². The molecule has 1 aromatic carbocycles. The average molecular weight is 269 g/mol. The molecule has 0 radical (unpaired) electrons. The maximum Gasteiger partial charge on any atom is 0.114 e. The average Bonchev–Trinajstić information content (AvgIpc) is 3.26. The zero-order valence-electron chi connectivity index (χ0n) is 12.2. The first-order chi connectivity index (χ1) is 9.79. The molecule has 1 saturated carbocycles. The van der Waals surface area contributed by atoms with Crippen molar-refractivity contribution in [2.75, 3.05) is 13.6 Å². The first-order valence-electron chi connectivity index (χ1n) is 7.52. The van der Waals surface area contributed by atoms with Crippen LogP contribution in [0.4, 0.5) is 0 Å². The van der Waals surface area contributed by atoms with Crippen molar-refractivity contribution in [1.29, 1.82) is 0 Å². The van der Waals surface area contributed by atoms with E-state index in [0.717, 1.165) is 25.3 Å². The summed E-state index contributed by atoms with van der Waals surface area (Å²) >= 11 is 0. The van der Waals surface area contributed by atoms with Gasteiger partial charge in [-0.15, -0.1) is 0 Å².